The normalized spacial score (nSPS) is 10.9. The molecule has 112 valence electrons. The van der Waals surface area contributed by atoms with E-state index in [-0.39, 0.29) is 5.97 Å². The maximum Gasteiger partial charge on any atom is 0.339 e. The Morgan fingerprint density at radius 3 is 2.73 bits per heavy atom. The summed E-state index contributed by atoms with van der Waals surface area (Å²) in [6.07, 6.45) is 1.64. The van der Waals surface area contributed by atoms with Crippen LogP contribution in [0.2, 0.25) is 0 Å². The van der Waals surface area contributed by atoms with Crippen LogP contribution in [0.15, 0.2) is 41.0 Å². The van der Waals surface area contributed by atoms with E-state index in [1.54, 1.807) is 30.9 Å². The summed E-state index contributed by atoms with van der Waals surface area (Å²) >= 11 is 3.41. The fraction of sp³-hybridized carbons (Fsp3) is 0.188. The molecule has 0 amide bonds. The average Bonchev–Trinajstić information content (AvgIpc) is 2.89. The van der Waals surface area contributed by atoms with Gasteiger partial charge in [0.2, 0.25) is 0 Å². The lowest BCUT2D eigenvalue weighted by atomic mass is 10.1. The Kier molecular flexibility index (Phi) is 3.94. The molecule has 0 saturated heterocycles. The number of rotatable bonds is 3. The van der Waals surface area contributed by atoms with Gasteiger partial charge in [0.1, 0.15) is 0 Å². The summed E-state index contributed by atoms with van der Waals surface area (Å²) in [7, 11) is 1.80. The topological polar surface area (TPSA) is 57.0 Å². The molecule has 2 aromatic heterocycles. The largest absolute Gasteiger partial charge is 0.462 e. The first-order valence-electron chi connectivity index (χ1n) is 6.86. The van der Waals surface area contributed by atoms with Gasteiger partial charge in [-0.2, -0.15) is 5.10 Å². The molecule has 0 aliphatic heterocycles. The molecule has 0 bridgehead atoms. The molecular formula is C16H14BrN3O2. The van der Waals surface area contributed by atoms with Crippen LogP contribution < -0.4 is 0 Å². The van der Waals surface area contributed by atoms with E-state index < -0.39 is 0 Å². The van der Waals surface area contributed by atoms with Gasteiger partial charge in [0, 0.05) is 17.1 Å². The van der Waals surface area contributed by atoms with Gasteiger partial charge in [-0.05, 0) is 25.1 Å². The van der Waals surface area contributed by atoms with Gasteiger partial charge >= 0.3 is 5.97 Å². The van der Waals surface area contributed by atoms with Crippen LogP contribution in [0.1, 0.15) is 17.3 Å². The quantitative estimate of drug-likeness (QED) is 0.670. The molecule has 3 aromatic rings. The highest BCUT2D eigenvalue weighted by molar-refractivity contribution is 9.10. The van der Waals surface area contributed by atoms with E-state index in [0.29, 0.717) is 28.9 Å². The Hall–Kier alpha value is -2.21. The first kappa shape index (κ1) is 14.7. The Balaban J connectivity index is 2.21. The van der Waals surface area contributed by atoms with Crippen molar-refractivity contribution >= 4 is 32.9 Å². The maximum absolute atomic E-state index is 12.2. The molecule has 0 aliphatic rings. The lowest BCUT2D eigenvalue weighted by Gasteiger charge is -2.07. The SMILES string of the molecule is CCOC(=O)c1cc(-c2ccc(Br)cc2)nc2c1cnn2C. The van der Waals surface area contributed by atoms with Crippen LogP contribution in [-0.2, 0) is 11.8 Å². The molecular weight excluding hydrogens is 346 g/mol. The lowest BCUT2D eigenvalue weighted by molar-refractivity contribution is 0.0528. The second-order valence-electron chi connectivity index (χ2n) is 4.79. The molecule has 6 heteroatoms. The summed E-state index contributed by atoms with van der Waals surface area (Å²) in [6, 6.07) is 9.53. The number of aromatic nitrogens is 3. The number of pyridine rings is 1. The minimum absolute atomic E-state index is 0.330. The first-order chi connectivity index (χ1) is 10.6. The predicted octanol–water partition coefficient (Wildman–Crippen LogP) is 3.57. The number of halogens is 1. The molecule has 0 spiro atoms. The molecule has 1 aromatic carbocycles. The van der Waals surface area contributed by atoms with Gasteiger partial charge in [-0.15, -0.1) is 0 Å². The molecule has 2 heterocycles. The highest BCUT2D eigenvalue weighted by Gasteiger charge is 2.17. The van der Waals surface area contributed by atoms with Crippen molar-refractivity contribution in [1.29, 1.82) is 0 Å². The van der Waals surface area contributed by atoms with Crippen LogP contribution in [0.3, 0.4) is 0 Å². The van der Waals surface area contributed by atoms with E-state index in [9.17, 15) is 4.79 Å². The van der Waals surface area contributed by atoms with E-state index in [0.717, 1.165) is 10.0 Å². The summed E-state index contributed by atoms with van der Waals surface area (Å²) in [4.78, 5) is 16.8. The summed E-state index contributed by atoms with van der Waals surface area (Å²) in [5.41, 5.74) is 2.78. The number of ether oxygens (including phenoxy) is 1. The summed E-state index contributed by atoms with van der Waals surface area (Å²) in [6.45, 7) is 2.12. The van der Waals surface area contributed by atoms with E-state index in [4.69, 9.17) is 4.74 Å². The number of fused-ring (bicyclic) bond motifs is 1. The molecule has 3 rings (SSSR count). The smallest absolute Gasteiger partial charge is 0.339 e. The van der Waals surface area contributed by atoms with Gasteiger partial charge in [0.15, 0.2) is 5.65 Å². The van der Waals surface area contributed by atoms with Gasteiger partial charge in [-0.3, -0.25) is 4.68 Å². The summed E-state index contributed by atoms with van der Waals surface area (Å²) in [5.74, 6) is -0.360. The highest BCUT2D eigenvalue weighted by atomic mass is 79.9. The Morgan fingerprint density at radius 2 is 2.05 bits per heavy atom. The molecule has 0 fully saturated rings. The number of aryl methyl sites for hydroxylation is 1. The third-order valence-electron chi connectivity index (χ3n) is 3.34. The maximum atomic E-state index is 12.2. The number of esters is 1. The molecule has 0 atom stereocenters. The molecule has 0 saturated carbocycles. The zero-order chi connectivity index (χ0) is 15.7. The zero-order valence-electron chi connectivity index (χ0n) is 12.2. The van der Waals surface area contributed by atoms with Crippen molar-refractivity contribution in [3.8, 4) is 11.3 Å². The van der Waals surface area contributed by atoms with Crippen LogP contribution in [0.5, 0.6) is 0 Å². The fourth-order valence-corrected chi connectivity index (χ4v) is 2.53. The van der Waals surface area contributed by atoms with E-state index in [1.165, 1.54) is 0 Å². The van der Waals surface area contributed by atoms with E-state index >= 15 is 0 Å². The van der Waals surface area contributed by atoms with Crippen molar-refractivity contribution in [2.45, 2.75) is 6.92 Å². The van der Waals surface area contributed by atoms with Gasteiger partial charge in [-0.1, -0.05) is 28.1 Å². The van der Waals surface area contributed by atoms with E-state index in [2.05, 4.69) is 26.0 Å². The number of carbonyl (C=O) groups is 1. The Bertz CT molecular complexity index is 840. The van der Waals surface area contributed by atoms with Gasteiger partial charge < -0.3 is 4.74 Å². The number of hydrogen-bond acceptors (Lipinski definition) is 4. The number of nitrogens with zero attached hydrogens (tertiary/aromatic N) is 3. The van der Waals surface area contributed by atoms with Crippen LogP contribution in [0.4, 0.5) is 0 Å². The lowest BCUT2D eigenvalue weighted by Crippen LogP contribution is -2.06. The monoisotopic (exact) mass is 359 g/mol. The number of benzene rings is 1. The zero-order valence-corrected chi connectivity index (χ0v) is 13.8. The van der Waals surface area contributed by atoms with Crippen molar-refractivity contribution in [2.75, 3.05) is 6.61 Å². The average molecular weight is 360 g/mol. The van der Waals surface area contributed by atoms with Crippen molar-refractivity contribution in [3.05, 3.63) is 46.6 Å². The third-order valence-corrected chi connectivity index (χ3v) is 3.87. The van der Waals surface area contributed by atoms with Crippen molar-refractivity contribution < 1.29 is 9.53 Å². The molecule has 0 N–H and O–H groups in total. The van der Waals surface area contributed by atoms with Crippen molar-refractivity contribution in [1.82, 2.24) is 14.8 Å². The van der Waals surface area contributed by atoms with E-state index in [1.807, 2.05) is 24.3 Å². The molecule has 0 aliphatic carbocycles. The molecule has 0 radical (unpaired) electrons. The second kappa shape index (κ2) is 5.88. The minimum atomic E-state index is -0.360. The standard InChI is InChI=1S/C16H14BrN3O2/c1-3-22-16(21)12-8-14(10-4-6-11(17)7-5-10)19-15-13(12)9-18-20(15)2/h4-9H,3H2,1-2H3. The van der Waals surface area contributed by atoms with Crippen LogP contribution in [-0.4, -0.2) is 27.3 Å². The van der Waals surface area contributed by atoms with Gasteiger partial charge in [0.25, 0.3) is 0 Å². The molecule has 22 heavy (non-hydrogen) atoms. The summed E-state index contributed by atoms with van der Waals surface area (Å²) < 4.78 is 7.79. The number of carbonyl (C=O) groups excluding carboxylic acids is 1. The fourth-order valence-electron chi connectivity index (χ4n) is 2.26. The van der Waals surface area contributed by atoms with Crippen LogP contribution >= 0.6 is 15.9 Å². The molecule has 0 unspecified atom stereocenters. The third kappa shape index (κ3) is 2.62. The highest BCUT2D eigenvalue weighted by Crippen LogP contribution is 2.26. The summed E-state index contributed by atoms with van der Waals surface area (Å²) in [5, 5.41) is 4.88. The Labute approximate surface area is 136 Å². The van der Waals surface area contributed by atoms with Crippen molar-refractivity contribution in [2.24, 2.45) is 7.05 Å². The predicted molar refractivity (Wildman–Crippen MR) is 87.6 cm³/mol. The number of hydrogen-bond donors (Lipinski definition) is 0. The first-order valence-corrected chi connectivity index (χ1v) is 7.65. The van der Waals surface area contributed by atoms with Gasteiger partial charge in [0.05, 0.1) is 29.4 Å². The van der Waals surface area contributed by atoms with Crippen LogP contribution in [0, 0.1) is 0 Å². The van der Waals surface area contributed by atoms with Crippen LogP contribution in [0.25, 0.3) is 22.3 Å². The van der Waals surface area contributed by atoms with Crippen molar-refractivity contribution in [3.63, 3.8) is 0 Å². The second-order valence-corrected chi connectivity index (χ2v) is 5.70. The Morgan fingerprint density at radius 1 is 1.32 bits per heavy atom. The van der Waals surface area contributed by atoms with Gasteiger partial charge in [-0.25, -0.2) is 9.78 Å². The molecule has 5 nitrogen and oxygen atoms in total. The minimum Gasteiger partial charge on any atom is -0.462 e.